The molecule has 0 saturated heterocycles. The van der Waals surface area contributed by atoms with Crippen LogP contribution in [0.25, 0.3) is 22.4 Å². The lowest BCUT2D eigenvalue weighted by Gasteiger charge is -2.08. The average Bonchev–Trinajstić information content (AvgIpc) is 2.96. The van der Waals surface area contributed by atoms with E-state index in [0.29, 0.717) is 25.6 Å². The van der Waals surface area contributed by atoms with E-state index in [1.54, 1.807) is 0 Å². The van der Waals surface area contributed by atoms with Gasteiger partial charge in [-0.3, -0.25) is 4.79 Å². The van der Waals surface area contributed by atoms with Gasteiger partial charge in [0.15, 0.2) is 0 Å². The van der Waals surface area contributed by atoms with Crippen molar-refractivity contribution in [1.82, 2.24) is 9.55 Å². The number of benzene rings is 2. The molecule has 3 rings (SSSR count). The van der Waals surface area contributed by atoms with Crippen molar-refractivity contribution in [3.63, 3.8) is 0 Å². The zero-order valence-electron chi connectivity index (χ0n) is 15.5. The fraction of sp³-hybridized carbons (Fsp3) is 0.333. The smallest absolute Gasteiger partial charge is 0.226 e. The van der Waals surface area contributed by atoms with Gasteiger partial charge in [-0.1, -0.05) is 26.0 Å². The third-order valence-corrected chi connectivity index (χ3v) is 4.14. The number of hydrogen-bond acceptors (Lipinski definition) is 3. The Morgan fingerprint density at radius 3 is 2.58 bits per heavy atom. The second-order valence-electron chi connectivity index (χ2n) is 6.83. The molecule has 0 aliphatic rings. The van der Waals surface area contributed by atoms with Crippen LogP contribution in [0.15, 0.2) is 48.5 Å². The van der Waals surface area contributed by atoms with E-state index in [4.69, 9.17) is 9.72 Å². The summed E-state index contributed by atoms with van der Waals surface area (Å²) in [5.74, 6) is 1.35. The van der Waals surface area contributed by atoms with Crippen molar-refractivity contribution in [2.45, 2.75) is 20.3 Å². The number of carbonyl (C=O) groups excluding carboxylic acids is 1. The van der Waals surface area contributed by atoms with Gasteiger partial charge in [-0.15, -0.1) is 0 Å². The normalized spacial score (nSPS) is 11.2. The van der Waals surface area contributed by atoms with Crippen LogP contribution in [0.4, 0.5) is 5.69 Å². The first-order valence-electron chi connectivity index (χ1n) is 8.94. The van der Waals surface area contributed by atoms with Gasteiger partial charge < -0.3 is 14.6 Å². The third-order valence-electron chi connectivity index (χ3n) is 4.14. The predicted octanol–water partition coefficient (Wildman–Crippen LogP) is 4.24. The van der Waals surface area contributed by atoms with Crippen molar-refractivity contribution in [1.29, 1.82) is 0 Å². The van der Waals surface area contributed by atoms with E-state index in [1.165, 1.54) is 0 Å². The Kier molecular flexibility index (Phi) is 5.68. The SMILES string of the molecule is CC(C)COCCC(=O)Nc1ccc(-c2nc3ccccc3n2C)cc1. The molecule has 0 radical (unpaired) electrons. The van der Waals surface area contributed by atoms with Crippen LogP contribution in [0.3, 0.4) is 0 Å². The van der Waals surface area contributed by atoms with Crippen molar-refractivity contribution >= 4 is 22.6 Å². The van der Waals surface area contributed by atoms with Gasteiger partial charge in [-0.25, -0.2) is 4.98 Å². The molecule has 0 atom stereocenters. The molecule has 0 aliphatic carbocycles. The standard InChI is InChI=1S/C21H25N3O2/c1-15(2)14-26-13-12-20(25)22-17-10-8-16(9-11-17)21-23-18-6-4-5-7-19(18)24(21)3/h4-11,15H,12-14H2,1-3H3,(H,22,25). The lowest BCUT2D eigenvalue weighted by molar-refractivity contribution is -0.117. The van der Waals surface area contributed by atoms with Crippen molar-refractivity contribution in [2.75, 3.05) is 18.5 Å². The maximum atomic E-state index is 12.0. The average molecular weight is 351 g/mol. The first-order chi connectivity index (χ1) is 12.5. The highest BCUT2D eigenvalue weighted by molar-refractivity contribution is 5.91. The summed E-state index contributed by atoms with van der Waals surface area (Å²) in [5.41, 5.74) is 3.87. The van der Waals surface area contributed by atoms with Gasteiger partial charge in [0.25, 0.3) is 0 Å². The summed E-state index contributed by atoms with van der Waals surface area (Å²) in [5, 5.41) is 2.90. The molecular formula is C21H25N3O2. The first kappa shape index (κ1) is 18.1. The van der Waals surface area contributed by atoms with Gasteiger partial charge in [-0.2, -0.15) is 0 Å². The summed E-state index contributed by atoms with van der Waals surface area (Å²) in [6.07, 6.45) is 0.360. The summed E-state index contributed by atoms with van der Waals surface area (Å²) in [7, 11) is 2.01. The number of ether oxygens (including phenoxy) is 1. The zero-order chi connectivity index (χ0) is 18.5. The number of nitrogens with zero attached hydrogens (tertiary/aromatic N) is 2. The number of hydrogen-bond donors (Lipinski definition) is 1. The molecule has 0 fully saturated rings. The van der Waals surface area contributed by atoms with Crippen LogP contribution >= 0.6 is 0 Å². The van der Waals surface area contributed by atoms with Gasteiger partial charge in [0, 0.05) is 24.9 Å². The van der Waals surface area contributed by atoms with Crippen LogP contribution in [0, 0.1) is 5.92 Å². The predicted molar refractivity (Wildman–Crippen MR) is 105 cm³/mol. The lowest BCUT2D eigenvalue weighted by atomic mass is 10.2. The Hall–Kier alpha value is -2.66. The van der Waals surface area contributed by atoms with Crippen molar-refractivity contribution < 1.29 is 9.53 Å². The number of para-hydroxylation sites is 2. The molecule has 1 aromatic heterocycles. The van der Waals surface area contributed by atoms with Crippen LogP contribution in [0.1, 0.15) is 20.3 Å². The second-order valence-corrected chi connectivity index (χ2v) is 6.83. The van der Waals surface area contributed by atoms with Crippen LogP contribution in [0.2, 0.25) is 0 Å². The molecule has 1 amide bonds. The van der Waals surface area contributed by atoms with E-state index >= 15 is 0 Å². The fourth-order valence-corrected chi connectivity index (χ4v) is 2.81. The highest BCUT2D eigenvalue weighted by Crippen LogP contribution is 2.24. The first-order valence-corrected chi connectivity index (χ1v) is 8.94. The summed E-state index contributed by atoms with van der Waals surface area (Å²) < 4.78 is 7.53. The Balaban J connectivity index is 1.63. The molecule has 0 bridgehead atoms. The minimum absolute atomic E-state index is 0.0377. The number of anilines is 1. The van der Waals surface area contributed by atoms with Gasteiger partial charge >= 0.3 is 0 Å². The summed E-state index contributed by atoms with van der Waals surface area (Å²) in [6, 6.07) is 15.8. The molecular weight excluding hydrogens is 326 g/mol. The van der Waals surface area contributed by atoms with Crippen molar-refractivity contribution in [3.05, 3.63) is 48.5 Å². The molecule has 26 heavy (non-hydrogen) atoms. The molecule has 0 saturated carbocycles. The molecule has 5 nitrogen and oxygen atoms in total. The molecule has 3 aromatic rings. The van der Waals surface area contributed by atoms with E-state index in [0.717, 1.165) is 28.1 Å². The highest BCUT2D eigenvalue weighted by Gasteiger charge is 2.10. The van der Waals surface area contributed by atoms with E-state index in [-0.39, 0.29) is 5.91 Å². The molecule has 0 unspecified atom stereocenters. The maximum Gasteiger partial charge on any atom is 0.226 e. The third kappa shape index (κ3) is 4.29. The topological polar surface area (TPSA) is 56.1 Å². The Morgan fingerprint density at radius 2 is 1.88 bits per heavy atom. The number of amides is 1. The molecule has 1 N–H and O–H groups in total. The number of nitrogens with one attached hydrogen (secondary N) is 1. The van der Waals surface area contributed by atoms with E-state index in [1.807, 2.05) is 49.5 Å². The van der Waals surface area contributed by atoms with Crippen molar-refractivity contribution in [3.8, 4) is 11.4 Å². The van der Waals surface area contributed by atoms with Gasteiger partial charge in [0.05, 0.1) is 24.1 Å². The molecule has 5 heteroatoms. The minimum atomic E-state index is -0.0377. The number of imidazole rings is 1. The van der Waals surface area contributed by atoms with Gasteiger partial charge in [0.1, 0.15) is 5.82 Å². The summed E-state index contributed by atoms with van der Waals surface area (Å²) in [6.45, 7) is 5.31. The Bertz CT molecular complexity index is 882. The lowest BCUT2D eigenvalue weighted by Crippen LogP contribution is -2.15. The maximum absolute atomic E-state index is 12.0. The number of rotatable bonds is 7. The minimum Gasteiger partial charge on any atom is -0.381 e. The van der Waals surface area contributed by atoms with Crippen LogP contribution < -0.4 is 5.32 Å². The number of aromatic nitrogens is 2. The van der Waals surface area contributed by atoms with Crippen LogP contribution in [0.5, 0.6) is 0 Å². The monoisotopic (exact) mass is 351 g/mol. The quantitative estimate of drug-likeness (QED) is 0.648. The number of aryl methyl sites for hydroxylation is 1. The van der Waals surface area contributed by atoms with Crippen LogP contribution in [-0.2, 0) is 16.6 Å². The summed E-state index contributed by atoms with van der Waals surface area (Å²) in [4.78, 5) is 16.7. The molecule has 0 spiro atoms. The van der Waals surface area contributed by atoms with Crippen molar-refractivity contribution in [2.24, 2.45) is 13.0 Å². The van der Waals surface area contributed by atoms with Crippen LogP contribution in [-0.4, -0.2) is 28.7 Å². The molecule has 136 valence electrons. The zero-order valence-corrected chi connectivity index (χ0v) is 15.5. The molecule has 1 heterocycles. The fourth-order valence-electron chi connectivity index (χ4n) is 2.81. The van der Waals surface area contributed by atoms with Gasteiger partial charge in [0.2, 0.25) is 5.91 Å². The van der Waals surface area contributed by atoms with E-state index < -0.39 is 0 Å². The van der Waals surface area contributed by atoms with E-state index in [9.17, 15) is 4.79 Å². The highest BCUT2D eigenvalue weighted by atomic mass is 16.5. The summed E-state index contributed by atoms with van der Waals surface area (Å²) >= 11 is 0. The van der Waals surface area contributed by atoms with Gasteiger partial charge in [-0.05, 0) is 42.3 Å². The molecule has 2 aromatic carbocycles. The number of carbonyl (C=O) groups is 1. The number of fused-ring (bicyclic) bond motifs is 1. The Labute approximate surface area is 154 Å². The van der Waals surface area contributed by atoms with E-state index in [2.05, 4.69) is 29.8 Å². The molecule has 0 aliphatic heterocycles. The largest absolute Gasteiger partial charge is 0.381 e. The Morgan fingerprint density at radius 1 is 1.15 bits per heavy atom. The second kappa shape index (κ2) is 8.15.